The quantitative estimate of drug-likeness (QED) is 0.473. The van der Waals surface area contributed by atoms with E-state index in [1.807, 2.05) is 11.4 Å². The second-order valence-electron chi connectivity index (χ2n) is 6.72. The smallest absolute Gasteiger partial charge is 0.259 e. The molecule has 0 spiro atoms. The van der Waals surface area contributed by atoms with Gasteiger partial charge in [-0.15, -0.1) is 32.9 Å². The molecule has 4 aromatic heterocycles. The van der Waals surface area contributed by atoms with Gasteiger partial charge in [0.1, 0.15) is 10.7 Å². The molecule has 4 heterocycles. The Bertz CT molecular complexity index is 1190. The summed E-state index contributed by atoms with van der Waals surface area (Å²) < 4.78 is 2.11. The Morgan fingerprint density at radius 2 is 2.18 bits per heavy atom. The van der Waals surface area contributed by atoms with Gasteiger partial charge < -0.3 is 9.55 Å². The van der Waals surface area contributed by atoms with Crippen molar-refractivity contribution in [3.05, 3.63) is 44.1 Å². The molecule has 0 aliphatic heterocycles. The Kier molecular flexibility index (Phi) is 4.82. The zero-order chi connectivity index (χ0) is 19.1. The van der Waals surface area contributed by atoms with Gasteiger partial charge in [0.05, 0.1) is 16.0 Å². The highest BCUT2D eigenvalue weighted by Crippen LogP contribution is 2.34. The van der Waals surface area contributed by atoms with Crippen LogP contribution in [0.15, 0.2) is 27.5 Å². The summed E-state index contributed by atoms with van der Waals surface area (Å²) in [4.78, 5) is 23.8. The van der Waals surface area contributed by atoms with Crippen LogP contribution in [0.1, 0.15) is 36.0 Å². The predicted octanol–water partition coefficient (Wildman–Crippen LogP) is 4.50. The summed E-state index contributed by atoms with van der Waals surface area (Å²) >= 11 is 4.91. The van der Waals surface area contributed by atoms with Crippen molar-refractivity contribution in [2.24, 2.45) is 0 Å². The third-order valence-electron chi connectivity index (χ3n) is 4.99. The number of thioether (sulfide) groups is 1. The second kappa shape index (κ2) is 7.46. The van der Waals surface area contributed by atoms with Crippen LogP contribution in [-0.2, 0) is 25.1 Å². The second-order valence-corrected chi connectivity index (χ2v) is 9.69. The molecule has 5 rings (SSSR count). The third-order valence-corrected chi connectivity index (χ3v) is 8.02. The van der Waals surface area contributed by atoms with Crippen LogP contribution in [0.25, 0.3) is 20.9 Å². The zero-order valence-corrected chi connectivity index (χ0v) is 17.8. The Hall–Kier alpha value is -1.97. The molecule has 0 bridgehead atoms. The van der Waals surface area contributed by atoms with E-state index in [-0.39, 0.29) is 5.56 Å². The lowest BCUT2D eigenvalue weighted by molar-refractivity contribution is 0.687. The number of H-pyrrole nitrogens is 1. The van der Waals surface area contributed by atoms with Crippen molar-refractivity contribution >= 4 is 44.7 Å². The summed E-state index contributed by atoms with van der Waals surface area (Å²) in [5.41, 5.74) is 1.22. The van der Waals surface area contributed by atoms with Gasteiger partial charge in [0.2, 0.25) is 0 Å². The molecule has 0 amide bonds. The van der Waals surface area contributed by atoms with Gasteiger partial charge in [-0.2, -0.15) is 0 Å². The fourth-order valence-corrected chi connectivity index (χ4v) is 6.55. The number of aromatic amines is 1. The minimum atomic E-state index is -0.00349. The summed E-state index contributed by atoms with van der Waals surface area (Å²) in [6.45, 7) is 2.88. The number of hydrogen-bond acceptors (Lipinski definition) is 7. The molecule has 1 aliphatic rings. The predicted molar refractivity (Wildman–Crippen MR) is 115 cm³/mol. The molecule has 0 unspecified atom stereocenters. The molecular weight excluding hydrogens is 410 g/mol. The van der Waals surface area contributed by atoms with Crippen LogP contribution in [0.5, 0.6) is 0 Å². The van der Waals surface area contributed by atoms with Crippen LogP contribution in [0.4, 0.5) is 0 Å². The fourth-order valence-electron chi connectivity index (χ4n) is 3.68. The van der Waals surface area contributed by atoms with Crippen molar-refractivity contribution in [1.29, 1.82) is 0 Å². The van der Waals surface area contributed by atoms with Gasteiger partial charge in [-0.25, -0.2) is 4.98 Å². The molecule has 1 aliphatic carbocycles. The number of aryl methyl sites for hydroxylation is 2. The molecule has 9 heteroatoms. The lowest BCUT2D eigenvalue weighted by atomic mass is 9.97. The first kappa shape index (κ1) is 18.1. The first-order valence-corrected chi connectivity index (χ1v) is 12.1. The monoisotopic (exact) mass is 429 g/mol. The Morgan fingerprint density at radius 1 is 1.29 bits per heavy atom. The first-order chi connectivity index (χ1) is 13.7. The molecule has 4 aromatic rings. The van der Waals surface area contributed by atoms with E-state index < -0.39 is 0 Å². The summed E-state index contributed by atoms with van der Waals surface area (Å²) in [7, 11) is 0. The number of nitrogens with one attached hydrogen (secondary N) is 1. The number of thiophene rings is 2. The van der Waals surface area contributed by atoms with Crippen molar-refractivity contribution in [3.63, 3.8) is 0 Å². The molecule has 0 atom stereocenters. The highest BCUT2D eigenvalue weighted by molar-refractivity contribution is 7.98. The molecule has 0 saturated carbocycles. The van der Waals surface area contributed by atoms with Gasteiger partial charge in [0.25, 0.3) is 5.56 Å². The lowest BCUT2D eigenvalue weighted by Gasteiger charge is -2.09. The van der Waals surface area contributed by atoms with Gasteiger partial charge in [0, 0.05) is 11.4 Å². The van der Waals surface area contributed by atoms with E-state index in [1.165, 1.54) is 16.9 Å². The fraction of sp³-hybridized carbons (Fsp3) is 0.368. The molecule has 0 aromatic carbocycles. The SMILES string of the molecule is CCn1c(SCc2nc3sc4c(c3c(=O)[nH]2)CCCC4)nnc1-c1cccs1. The largest absolute Gasteiger partial charge is 0.309 e. The number of hydrogen-bond donors (Lipinski definition) is 1. The maximum atomic E-state index is 12.7. The van der Waals surface area contributed by atoms with Crippen molar-refractivity contribution in [3.8, 4) is 10.7 Å². The highest BCUT2D eigenvalue weighted by Gasteiger charge is 2.20. The van der Waals surface area contributed by atoms with Crippen molar-refractivity contribution < 1.29 is 0 Å². The zero-order valence-electron chi connectivity index (χ0n) is 15.4. The summed E-state index contributed by atoms with van der Waals surface area (Å²) in [5, 5.41) is 12.4. The minimum Gasteiger partial charge on any atom is -0.309 e. The average Bonchev–Trinajstić information content (AvgIpc) is 3.43. The highest BCUT2D eigenvalue weighted by atomic mass is 32.2. The Morgan fingerprint density at radius 3 is 3.00 bits per heavy atom. The molecule has 0 fully saturated rings. The van der Waals surface area contributed by atoms with Crippen LogP contribution < -0.4 is 5.56 Å². The molecular formula is C19H19N5OS3. The van der Waals surface area contributed by atoms with Crippen LogP contribution in [0.3, 0.4) is 0 Å². The van der Waals surface area contributed by atoms with E-state index in [9.17, 15) is 4.79 Å². The van der Waals surface area contributed by atoms with Gasteiger partial charge in [-0.1, -0.05) is 17.8 Å². The number of rotatable bonds is 5. The van der Waals surface area contributed by atoms with E-state index in [1.54, 1.807) is 34.4 Å². The first-order valence-electron chi connectivity index (χ1n) is 9.38. The van der Waals surface area contributed by atoms with Crippen LogP contribution >= 0.6 is 34.4 Å². The van der Waals surface area contributed by atoms with E-state index in [4.69, 9.17) is 4.98 Å². The summed E-state index contributed by atoms with van der Waals surface area (Å²) in [6.07, 6.45) is 4.44. The Labute approximate surface area is 174 Å². The molecule has 0 radical (unpaired) electrons. The standard InChI is InChI=1S/C19H19N5OS3/c1-2-24-16(13-8-5-9-26-13)22-23-19(24)27-10-14-20-17(25)15-11-6-3-4-7-12(11)28-18(15)21-14/h5,8-9H,2-4,6-7,10H2,1H3,(H,20,21,25). The van der Waals surface area contributed by atoms with Gasteiger partial charge in [0.15, 0.2) is 11.0 Å². The minimum absolute atomic E-state index is 0.00349. The summed E-state index contributed by atoms with van der Waals surface area (Å²) in [6, 6.07) is 4.08. The molecule has 6 nitrogen and oxygen atoms in total. The third kappa shape index (κ3) is 3.11. The van der Waals surface area contributed by atoms with Crippen molar-refractivity contribution in [1.82, 2.24) is 24.7 Å². The topological polar surface area (TPSA) is 76.5 Å². The van der Waals surface area contributed by atoms with Crippen LogP contribution in [0, 0.1) is 0 Å². The number of fused-ring (bicyclic) bond motifs is 3. The number of aromatic nitrogens is 5. The maximum absolute atomic E-state index is 12.7. The Balaban J connectivity index is 1.43. The van der Waals surface area contributed by atoms with E-state index >= 15 is 0 Å². The average molecular weight is 430 g/mol. The van der Waals surface area contributed by atoms with Gasteiger partial charge in [-0.05, 0) is 49.6 Å². The normalized spacial score (nSPS) is 13.9. The van der Waals surface area contributed by atoms with Gasteiger partial charge in [-0.3, -0.25) is 4.79 Å². The van der Waals surface area contributed by atoms with Gasteiger partial charge >= 0.3 is 0 Å². The van der Waals surface area contributed by atoms with Crippen LogP contribution in [-0.4, -0.2) is 24.7 Å². The molecule has 144 valence electrons. The number of nitrogens with zero attached hydrogens (tertiary/aromatic N) is 4. The molecule has 28 heavy (non-hydrogen) atoms. The van der Waals surface area contributed by atoms with Crippen molar-refractivity contribution in [2.45, 2.75) is 50.1 Å². The van der Waals surface area contributed by atoms with E-state index in [0.29, 0.717) is 11.6 Å². The van der Waals surface area contributed by atoms with E-state index in [0.717, 1.165) is 51.9 Å². The van der Waals surface area contributed by atoms with E-state index in [2.05, 4.69) is 32.7 Å². The van der Waals surface area contributed by atoms with Crippen molar-refractivity contribution in [2.75, 3.05) is 0 Å². The van der Waals surface area contributed by atoms with Crippen LogP contribution in [0.2, 0.25) is 0 Å². The molecule has 0 saturated heterocycles. The summed E-state index contributed by atoms with van der Waals surface area (Å²) in [5.74, 6) is 2.16. The molecule has 1 N–H and O–H groups in total. The lowest BCUT2D eigenvalue weighted by Crippen LogP contribution is -2.12. The maximum Gasteiger partial charge on any atom is 0.259 e.